The molecule has 0 saturated carbocycles. The Morgan fingerprint density at radius 3 is 2.47 bits per heavy atom. The largest absolute Gasteiger partial charge is 0.393 e. The van der Waals surface area contributed by atoms with E-state index in [9.17, 15) is 9.90 Å². The molecule has 2 saturated heterocycles. The van der Waals surface area contributed by atoms with E-state index in [-0.39, 0.29) is 24.0 Å². The highest BCUT2D eigenvalue weighted by Gasteiger charge is 2.35. The van der Waals surface area contributed by atoms with Gasteiger partial charge in [0.15, 0.2) is 0 Å². The van der Waals surface area contributed by atoms with Crippen LogP contribution in [-0.4, -0.2) is 47.8 Å². The van der Waals surface area contributed by atoms with Crippen LogP contribution < -0.4 is 0 Å². The molecule has 2 heterocycles. The summed E-state index contributed by atoms with van der Waals surface area (Å²) in [6.45, 7) is 6.12. The van der Waals surface area contributed by atoms with Crippen LogP contribution in [0.1, 0.15) is 33.1 Å². The smallest absolute Gasteiger partial charge is 0.228 e. The van der Waals surface area contributed by atoms with Crippen molar-refractivity contribution in [1.29, 1.82) is 0 Å². The summed E-state index contributed by atoms with van der Waals surface area (Å²) < 4.78 is 5.45. The Balaban J connectivity index is 1.86. The fraction of sp³-hybridized carbons (Fsp3) is 0.923. The number of rotatable bonds is 2. The van der Waals surface area contributed by atoms with Gasteiger partial charge in [0.1, 0.15) is 0 Å². The zero-order chi connectivity index (χ0) is 12.4. The number of aliphatic hydroxyl groups excluding tert-OH is 1. The number of amides is 1. The monoisotopic (exact) mass is 241 g/mol. The average Bonchev–Trinajstić information content (AvgIpc) is 2.74. The van der Waals surface area contributed by atoms with Gasteiger partial charge < -0.3 is 14.7 Å². The lowest BCUT2D eigenvalue weighted by molar-refractivity contribution is -0.138. The zero-order valence-electron chi connectivity index (χ0n) is 10.8. The molecular formula is C13H23NO3. The first-order valence-corrected chi connectivity index (χ1v) is 6.68. The van der Waals surface area contributed by atoms with Gasteiger partial charge >= 0.3 is 0 Å². The van der Waals surface area contributed by atoms with Gasteiger partial charge in [0.2, 0.25) is 5.91 Å². The Morgan fingerprint density at radius 1 is 1.35 bits per heavy atom. The summed E-state index contributed by atoms with van der Waals surface area (Å²) in [7, 11) is 0. The molecular weight excluding hydrogens is 218 g/mol. The standard InChI is InChI=1S/C13H23NO3/c1-9(15)11-3-6-14(7-4-11)13(16)12-5-8-17-10(12)2/h9-12,15H,3-8H2,1-2H3. The van der Waals surface area contributed by atoms with Gasteiger partial charge in [0.05, 0.1) is 18.1 Å². The molecule has 2 fully saturated rings. The Labute approximate surface area is 103 Å². The van der Waals surface area contributed by atoms with Crippen LogP contribution in [0.15, 0.2) is 0 Å². The molecule has 17 heavy (non-hydrogen) atoms. The lowest BCUT2D eigenvalue weighted by Gasteiger charge is -2.35. The highest BCUT2D eigenvalue weighted by atomic mass is 16.5. The number of carbonyl (C=O) groups excluding carboxylic acids is 1. The molecule has 3 atom stereocenters. The van der Waals surface area contributed by atoms with Crippen molar-refractivity contribution >= 4 is 5.91 Å². The van der Waals surface area contributed by atoms with E-state index in [0.29, 0.717) is 12.5 Å². The SMILES string of the molecule is CC(O)C1CCN(C(=O)C2CCOC2C)CC1. The summed E-state index contributed by atoms with van der Waals surface area (Å²) in [4.78, 5) is 14.2. The molecule has 0 radical (unpaired) electrons. The summed E-state index contributed by atoms with van der Waals surface area (Å²) in [5.74, 6) is 0.661. The summed E-state index contributed by atoms with van der Waals surface area (Å²) in [6, 6.07) is 0. The number of aliphatic hydroxyl groups is 1. The molecule has 1 N–H and O–H groups in total. The van der Waals surface area contributed by atoms with Crippen LogP contribution in [0.25, 0.3) is 0 Å². The molecule has 2 aliphatic heterocycles. The van der Waals surface area contributed by atoms with Gasteiger partial charge in [-0.2, -0.15) is 0 Å². The average molecular weight is 241 g/mol. The van der Waals surface area contributed by atoms with Crippen LogP contribution in [0.4, 0.5) is 0 Å². The molecule has 0 bridgehead atoms. The first kappa shape index (κ1) is 12.8. The second kappa shape index (κ2) is 5.36. The van der Waals surface area contributed by atoms with Crippen molar-refractivity contribution in [2.75, 3.05) is 19.7 Å². The highest BCUT2D eigenvalue weighted by molar-refractivity contribution is 5.79. The van der Waals surface area contributed by atoms with E-state index in [0.717, 1.165) is 32.4 Å². The third-order valence-corrected chi connectivity index (χ3v) is 4.23. The molecule has 98 valence electrons. The minimum Gasteiger partial charge on any atom is -0.393 e. The molecule has 0 aromatic heterocycles. The maximum Gasteiger partial charge on any atom is 0.228 e. The molecule has 2 aliphatic rings. The van der Waals surface area contributed by atoms with E-state index in [4.69, 9.17) is 4.74 Å². The van der Waals surface area contributed by atoms with Crippen molar-refractivity contribution in [2.45, 2.75) is 45.3 Å². The van der Waals surface area contributed by atoms with Crippen LogP contribution in [-0.2, 0) is 9.53 Å². The van der Waals surface area contributed by atoms with E-state index in [1.807, 2.05) is 18.7 Å². The Hall–Kier alpha value is -0.610. The van der Waals surface area contributed by atoms with E-state index < -0.39 is 0 Å². The molecule has 2 rings (SSSR count). The predicted molar refractivity (Wildman–Crippen MR) is 64.5 cm³/mol. The van der Waals surface area contributed by atoms with Crippen molar-refractivity contribution < 1.29 is 14.6 Å². The number of likely N-dealkylation sites (tertiary alicyclic amines) is 1. The first-order chi connectivity index (χ1) is 8.09. The lowest BCUT2D eigenvalue weighted by atomic mass is 9.91. The van der Waals surface area contributed by atoms with Gasteiger partial charge in [0, 0.05) is 19.7 Å². The Kier molecular flexibility index (Phi) is 4.05. The van der Waals surface area contributed by atoms with E-state index >= 15 is 0 Å². The molecule has 0 spiro atoms. The minimum absolute atomic E-state index is 0.0538. The maximum atomic E-state index is 12.3. The van der Waals surface area contributed by atoms with Crippen molar-refractivity contribution in [3.63, 3.8) is 0 Å². The molecule has 1 amide bonds. The molecule has 4 nitrogen and oxygen atoms in total. The number of ether oxygens (including phenoxy) is 1. The van der Waals surface area contributed by atoms with Crippen LogP contribution in [0, 0.1) is 11.8 Å². The summed E-state index contributed by atoms with van der Waals surface area (Å²) in [6.07, 6.45) is 2.52. The fourth-order valence-corrected chi connectivity index (χ4v) is 2.89. The van der Waals surface area contributed by atoms with Gasteiger partial charge in [0.25, 0.3) is 0 Å². The molecule has 4 heteroatoms. The van der Waals surface area contributed by atoms with Crippen molar-refractivity contribution in [2.24, 2.45) is 11.8 Å². The fourth-order valence-electron chi connectivity index (χ4n) is 2.89. The third kappa shape index (κ3) is 2.80. The van der Waals surface area contributed by atoms with Gasteiger partial charge in [-0.15, -0.1) is 0 Å². The molecule has 0 aliphatic carbocycles. The van der Waals surface area contributed by atoms with Crippen LogP contribution in [0.5, 0.6) is 0 Å². The minimum atomic E-state index is -0.249. The number of hydrogen-bond acceptors (Lipinski definition) is 3. The predicted octanol–water partition coefficient (Wildman–Crippen LogP) is 1.03. The van der Waals surface area contributed by atoms with Gasteiger partial charge in [-0.1, -0.05) is 0 Å². The maximum absolute atomic E-state index is 12.3. The summed E-state index contributed by atoms with van der Waals surface area (Å²) in [5, 5.41) is 9.53. The van der Waals surface area contributed by atoms with E-state index in [1.165, 1.54) is 0 Å². The van der Waals surface area contributed by atoms with Crippen molar-refractivity contribution in [3.8, 4) is 0 Å². The van der Waals surface area contributed by atoms with Crippen molar-refractivity contribution in [1.82, 2.24) is 4.90 Å². The number of piperidine rings is 1. The van der Waals surface area contributed by atoms with E-state index in [1.54, 1.807) is 0 Å². The topological polar surface area (TPSA) is 49.8 Å². The van der Waals surface area contributed by atoms with Crippen LogP contribution >= 0.6 is 0 Å². The third-order valence-electron chi connectivity index (χ3n) is 4.23. The quantitative estimate of drug-likeness (QED) is 0.785. The second-order valence-corrected chi connectivity index (χ2v) is 5.37. The number of nitrogens with zero attached hydrogens (tertiary/aromatic N) is 1. The Morgan fingerprint density at radius 2 is 2.00 bits per heavy atom. The van der Waals surface area contributed by atoms with Crippen molar-refractivity contribution in [3.05, 3.63) is 0 Å². The van der Waals surface area contributed by atoms with E-state index in [2.05, 4.69) is 0 Å². The normalized spacial score (nSPS) is 32.8. The zero-order valence-corrected chi connectivity index (χ0v) is 10.8. The lowest BCUT2D eigenvalue weighted by Crippen LogP contribution is -2.44. The molecule has 0 aromatic rings. The molecule has 0 aromatic carbocycles. The van der Waals surface area contributed by atoms with Gasteiger partial charge in [-0.3, -0.25) is 4.79 Å². The number of hydrogen-bond donors (Lipinski definition) is 1. The highest BCUT2D eigenvalue weighted by Crippen LogP contribution is 2.26. The molecule has 3 unspecified atom stereocenters. The number of carbonyl (C=O) groups is 1. The summed E-state index contributed by atoms with van der Waals surface area (Å²) in [5.41, 5.74) is 0. The van der Waals surface area contributed by atoms with Gasteiger partial charge in [-0.25, -0.2) is 0 Å². The summed E-state index contributed by atoms with van der Waals surface area (Å²) >= 11 is 0. The van der Waals surface area contributed by atoms with Crippen LogP contribution in [0.2, 0.25) is 0 Å². The first-order valence-electron chi connectivity index (χ1n) is 6.68. The van der Waals surface area contributed by atoms with Crippen LogP contribution in [0.3, 0.4) is 0 Å². The van der Waals surface area contributed by atoms with Gasteiger partial charge in [-0.05, 0) is 39.0 Å². The second-order valence-electron chi connectivity index (χ2n) is 5.37. The Bertz CT molecular complexity index is 272.